The van der Waals surface area contributed by atoms with E-state index in [0.29, 0.717) is 19.5 Å². The summed E-state index contributed by atoms with van der Waals surface area (Å²) < 4.78 is 0. The van der Waals surface area contributed by atoms with Crippen LogP contribution in [0.3, 0.4) is 0 Å². The van der Waals surface area contributed by atoms with Crippen LogP contribution in [0.4, 0.5) is 0 Å². The molecule has 1 atom stereocenters. The molecule has 1 fully saturated rings. The summed E-state index contributed by atoms with van der Waals surface area (Å²) in [5.74, 6) is 0.158. The maximum Gasteiger partial charge on any atom is 0.230 e. The molecule has 1 aliphatic heterocycles. The number of hydrogen-bond donors (Lipinski definition) is 1. The number of likely N-dealkylation sites (tertiary alicyclic amines) is 1. The zero-order chi connectivity index (χ0) is 23.0. The highest BCUT2D eigenvalue weighted by molar-refractivity contribution is 5.84. The normalized spacial score (nSPS) is 15.1. The average molecular weight is 441 g/mol. The van der Waals surface area contributed by atoms with Gasteiger partial charge in [0.05, 0.1) is 12.3 Å². The van der Waals surface area contributed by atoms with Crippen molar-refractivity contribution in [3.05, 3.63) is 96.1 Å². The summed E-state index contributed by atoms with van der Waals surface area (Å²) in [5.41, 5.74) is 4.41. The van der Waals surface area contributed by atoms with Gasteiger partial charge in [-0.3, -0.25) is 9.59 Å². The van der Waals surface area contributed by atoms with Crippen LogP contribution >= 0.6 is 0 Å². The van der Waals surface area contributed by atoms with Gasteiger partial charge in [-0.05, 0) is 41.5 Å². The average Bonchev–Trinajstić information content (AvgIpc) is 2.86. The standard InChI is InChI=1S/C29H32N2O2/c1-2-27(25-11-7-4-8-12-25)29(33)31-19-17-26(18-20-31)30-28(32)21-22-13-15-24(16-14-22)23-9-5-3-6-10-23/h3-16,26-27H,2,17-21H2,1H3,(H,30,32). The van der Waals surface area contributed by atoms with Crippen LogP contribution in [-0.2, 0) is 16.0 Å². The van der Waals surface area contributed by atoms with Crippen LogP contribution in [0.1, 0.15) is 43.2 Å². The fourth-order valence-corrected chi connectivity index (χ4v) is 4.61. The highest BCUT2D eigenvalue weighted by atomic mass is 16.2. The van der Waals surface area contributed by atoms with Gasteiger partial charge in [0.15, 0.2) is 0 Å². The zero-order valence-corrected chi connectivity index (χ0v) is 19.2. The molecule has 4 nitrogen and oxygen atoms in total. The Kier molecular flexibility index (Phi) is 7.56. The highest BCUT2D eigenvalue weighted by Gasteiger charge is 2.28. The second-order valence-electron chi connectivity index (χ2n) is 8.78. The maximum absolute atomic E-state index is 13.1. The van der Waals surface area contributed by atoms with E-state index in [0.717, 1.165) is 36.0 Å². The Morgan fingerprint density at radius 1 is 0.848 bits per heavy atom. The van der Waals surface area contributed by atoms with Gasteiger partial charge in [-0.2, -0.15) is 0 Å². The molecule has 0 aliphatic carbocycles. The second kappa shape index (κ2) is 11.0. The third kappa shape index (κ3) is 5.89. The molecule has 1 unspecified atom stereocenters. The molecule has 1 saturated heterocycles. The van der Waals surface area contributed by atoms with Gasteiger partial charge >= 0.3 is 0 Å². The van der Waals surface area contributed by atoms with Gasteiger partial charge in [0, 0.05) is 19.1 Å². The predicted molar refractivity (Wildman–Crippen MR) is 133 cm³/mol. The molecule has 3 aromatic carbocycles. The van der Waals surface area contributed by atoms with Gasteiger partial charge in [-0.1, -0.05) is 91.9 Å². The molecule has 33 heavy (non-hydrogen) atoms. The molecule has 170 valence electrons. The molecule has 0 saturated carbocycles. The number of hydrogen-bond acceptors (Lipinski definition) is 2. The lowest BCUT2D eigenvalue weighted by Crippen LogP contribution is -2.48. The first kappa shape index (κ1) is 22.8. The molecular formula is C29H32N2O2. The Bertz CT molecular complexity index is 1040. The monoisotopic (exact) mass is 440 g/mol. The van der Waals surface area contributed by atoms with Crippen LogP contribution < -0.4 is 5.32 Å². The molecule has 1 heterocycles. The third-order valence-electron chi connectivity index (χ3n) is 6.51. The first-order chi connectivity index (χ1) is 16.1. The highest BCUT2D eigenvalue weighted by Crippen LogP contribution is 2.24. The van der Waals surface area contributed by atoms with Crippen molar-refractivity contribution in [3.8, 4) is 11.1 Å². The van der Waals surface area contributed by atoms with Crippen LogP contribution in [0, 0.1) is 0 Å². The molecular weight excluding hydrogens is 408 g/mol. The van der Waals surface area contributed by atoms with Crippen molar-refractivity contribution >= 4 is 11.8 Å². The van der Waals surface area contributed by atoms with E-state index in [1.54, 1.807) is 0 Å². The van der Waals surface area contributed by atoms with E-state index in [2.05, 4.69) is 36.5 Å². The number of amides is 2. The number of carbonyl (C=O) groups excluding carboxylic acids is 2. The minimum absolute atomic E-state index is 0.0444. The van der Waals surface area contributed by atoms with E-state index in [-0.39, 0.29) is 23.8 Å². The number of nitrogens with zero attached hydrogens (tertiary/aromatic N) is 1. The van der Waals surface area contributed by atoms with Crippen LogP contribution in [0.5, 0.6) is 0 Å². The molecule has 1 aliphatic rings. The smallest absolute Gasteiger partial charge is 0.230 e. The predicted octanol–water partition coefficient (Wildman–Crippen LogP) is 5.20. The summed E-state index contributed by atoms with van der Waals surface area (Å²) in [4.78, 5) is 27.6. The summed E-state index contributed by atoms with van der Waals surface area (Å²) in [6, 6.07) is 28.6. The lowest BCUT2D eigenvalue weighted by Gasteiger charge is -2.34. The number of nitrogens with one attached hydrogen (secondary N) is 1. The first-order valence-corrected chi connectivity index (χ1v) is 11.9. The first-order valence-electron chi connectivity index (χ1n) is 11.9. The van der Waals surface area contributed by atoms with Gasteiger partial charge in [0.2, 0.25) is 11.8 Å². The number of piperidine rings is 1. The molecule has 4 rings (SSSR count). The van der Waals surface area contributed by atoms with Gasteiger partial charge in [0.25, 0.3) is 0 Å². The molecule has 4 heteroatoms. The molecule has 0 spiro atoms. The molecule has 3 aromatic rings. The van der Waals surface area contributed by atoms with Crippen LogP contribution in [0.25, 0.3) is 11.1 Å². The largest absolute Gasteiger partial charge is 0.353 e. The van der Waals surface area contributed by atoms with Crippen molar-refractivity contribution in [1.29, 1.82) is 0 Å². The topological polar surface area (TPSA) is 49.4 Å². The number of carbonyl (C=O) groups is 2. The van der Waals surface area contributed by atoms with Crippen LogP contribution in [0.15, 0.2) is 84.9 Å². The van der Waals surface area contributed by atoms with Crippen molar-refractivity contribution in [2.24, 2.45) is 0 Å². The van der Waals surface area contributed by atoms with Gasteiger partial charge in [-0.15, -0.1) is 0 Å². The van der Waals surface area contributed by atoms with E-state index < -0.39 is 0 Å². The second-order valence-corrected chi connectivity index (χ2v) is 8.78. The Morgan fingerprint density at radius 3 is 2.03 bits per heavy atom. The van der Waals surface area contributed by atoms with E-state index >= 15 is 0 Å². The lowest BCUT2D eigenvalue weighted by atomic mass is 9.93. The molecule has 1 N–H and O–H groups in total. The van der Waals surface area contributed by atoms with E-state index in [1.165, 1.54) is 5.56 Å². The third-order valence-corrected chi connectivity index (χ3v) is 6.51. The van der Waals surface area contributed by atoms with Gasteiger partial charge in [-0.25, -0.2) is 0 Å². The van der Waals surface area contributed by atoms with E-state index in [1.807, 2.05) is 65.6 Å². The van der Waals surface area contributed by atoms with Crippen molar-refractivity contribution in [1.82, 2.24) is 10.2 Å². The number of benzene rings is 3. The van der Waals surface area contributed by atoms with Crippen molar-refractivity contribution in [2.75, 3.05) is 13.1 Å². The van der Waals surface area contributed by atoms with E-state index in [9.17, 15) is 9.59 Å². The summed E-state index contributed by atoms with van der Waals surface area (Å²) in [7, 11) is 0. The summed E-state index contributed by atoms with van der Waals surface area (Å²) in [6.45, 7) is 3.45. The van der Waals surface area contributed by atoms with Crippen LogP contribution in [-0.4, -0.2) is 35.8 Å². The minimum atomic E-state index is -0.0869. The molecule has 0 aromatic heterocycles. The Labute approximate surface area is 196 Å². The Morgan fingerprint density at radius 2 is 1.42 bits per heavy atom. The van der Waals surface area contributed by atoms with Gasteiger partial charge in [0.1, 0.15) is 0 Å². The molecule has 0 radical (unpaired) electrons. The Hall–Kier alpha value is -3.40. The summed E-state index contributed by atoms with van der Waals surface area (Å²) in [6.07, 6.45) is 2.77. The number of rotatable bonds is 7. The van der Waals surface area contributed by atoms with Gasteiger partial charge < -0.3 is 10.2 Å². The fourth-order valence-electron chi connectivity index (χ4n) is 4.61. The van der Waals surface area contributed by atoms with E-state index in [4.69, 9.17) is 0 Å². The van der Waals surface area contributed by atoms with Crippen molar-refractivity contribution < 1.29 is 9.59 Å². The van der Waals surface area contributed by atoms with Crippen molar-refractivity contribution in [2.45, 2.75) is 44.6 Å². The summed E-state index contributed by atoms with van der Waals surface area (Å²) >= 11 is 0. The Balaban J connectivity index is 1.26. The molecule has 2 amide bonds. The maximum atomic E-state index is 13.1. The van der Waals surface area contributed by atoms with Crippen molar-refractivity contribution in [3.63, 3.8) is 0 Å². The zero-order valence-electron chi connectivity index (χ0n) is 19.2. The SMILES string of the molecule is CCC(C(=O)N1CCC(NC(=O)Cc2ccc(-c3ccccc3)cc2)CC1)c1ccccc1. The molecule has 0 bridgehead atoms. The summed E-state index contributed by atoms with van der Waals surface area (Å²) in [5, 5.41) is 3.17. The lowest BCUT2D eigenvalue weighted by molar-refractivity contribution is -0.134. The fraction of sp³-hybridized carbons (Fsp3) is 0.310. The van der Waals surface area contributed by atoms with Crippen LogP contribution in [0.2, 0.25) is 0 Å². The minimum Gasteiger partial charge on any atom is -0.353 e. The quantitative estimate of drug-likeness (QED) is 0.549.